The number of nitrogens with one attached hydrogen (secondary N) is 1. The van der Waals surface area contributed by atoms with Crippen molar-refractivity contribution < 1.29 is 9.21 Å². The number of hydrogen-bond donors (Lipinski definition) is 1. The predicted molar refractivity (Wildman–Crippen MR) is 110 cm³/mol. The first-order valence-corrected chi connectivity index (χ1v) is 9.68. The van der Waals surface area contributed by atoms with Gasteiger partial charge in [0.1, 0.15) is 11.5 Å². The van der Waals surface area contributed by atoms with Gasteiger partial charge in [-0.2, -0.15) is 9.61 Å². The molecule has 1 aliphatic rings. The minimum atomic E-state index is -0.141. The quantitative estimate of drug-likeness (QED) is 0.555. The van der Waals surface area contributed by atoms with Gasteiger partial charge in [-0.25, -0.2) is 9.48 Å². The Morgan fingerprint density at radius 1 is 1.17 bits per heavy atom. The van der Waals surface area contributed by atoms with E-state index in [1.54, 1.807) is 26.4 Å². The van der Waals surface area contributed by atoms with Crippen LogP contribution in [0.25, 0.3) is 22.7 Å². The Balaban J connectivity index is 1.64. The third-order valence-corrected chi connectivity index (χ3v) is 5.41. The molecule has 0 saturated carbocycles. The molecule has 3 aromatic heterocycles. The number of carbonyl (C=O) groups is 1. The predicted octanol–water partition coefficient (Wildman–Crippen LogP) is 3.89. The highest BCUT2D eigenvalue weighted by molar-refractivity contribution is 6.33. The second-order valence-corrected chi connectivity index (χ2v) is 7.55. The molecule has 1 saturated heterocycles. The Kier molecular flexibility index (Phi) is 3.92. The van der Waals surface area contributed by atoms with Crippen molar-refractivity contribution in [2.45, 2.75) is 20.8 Å². The van der Waals surface area contributed by atoms with Gasteiger partial charge in [0.2, 0.25) is 5.71 Å². The number of oxazole rings is 1. The van der Waals surface area contributed by atoms with Crippen molar-refractivity contribution in [3.05, 3.63) is 52.5 Å². The van der Waals surface area contributed by atoms with Crippen molar-refractivity contribution in [1.29, 1.82) is 0 Å². The minimum Gasteiger partial charge on any atom is -0.439 e. The Bertz CT molecular complexity index is 1270. The number of benzene rings is 1. The van der Waals surface area contributed by atoms with E-state index in [2.05, 4.69) is 15.5 Å². The SMILES string of the molecule is Cc1ccc(-c2c(C)oc3c(-n4ccc(N5CCNC5=O)n4)c(C)nn23)c(Cl)c1. The molecule has 8 nitrogen and oxygen atoms in total. The van der Waals surface area contributed by atoms with Crippen LogP contribution in [0.2, 0.25) is 5.02 Å². The molecule has 0 spiro atoms. The summed E-state index contributed by atoms with van der Waals surface area (Å²) in [4.78, 5) is 13.5. The summed E-state index contributed by atoms with van der Waals surface area (Å²) in [6.45, 7) is 6.99. The van der Waals surface area contributed by atoms with Gasteiger partial charge in [-0.3, -0.25) is 4.90 Å². The molecular formula is C20H19ClN6O2. The zero-order chi connectivity index (χ0) is 20.3. The summed E-state index contributed by atoms with van der Waals surface area (Å²) in [7, 11) is 0. The van der Waals surface area contributed by atoms with Crippen LogP contribution in [0.1, 0.15) is 17.0 Å². The molecule has 9 heteroatoms. The van der Waals surface area contributed by atoms with Gasteiger partial charge in [0.15, 0.2) is 11.5 Å². The number of anilines is 1. The Labute approximate surface area is 171 Å². The molecule has 5 rings (SSSR count). The van der Waals surface area contributed by atoms with Gasteiger partial charge in [0, 0.05) is 30.9 Å². The van der Waals surface area contributed by atoms with Crippen molar-refractivity contribution >= 4 is 29.2 Å². The maximum atomic E-state index is 11.9. The lowest BCUT2D eigenvalue weighted by molar-refractivity contribution is 0.252. The average Bonchev–Trinajstić information content (AvgIpc) is 3.41. The molecule has 1 aliphatic heterocycles. The van der Waals surface area contributed by atoms with E-state index in [0.29, 0.717) is 35.4 Å². The highest BCUT2D eigenvalue weighted by Crippen LogP contribution is 2.35. The van der Waals surface area contributed by atoms with Gasteiger partial charge < -0.3 is 9.73 Å². The minimum absolute atomic E-state index is 0.141. The monoisotopic (exact) mass is 410 g/mol. The summed E-state index contributed by atoms with van der Waals surface area (Å²) in [5, 5.41) is 12.7. The first kappa shape index (κ1) is 17.8. The van der Waals surface area contributed by atoms with Crippen LogP contribution in [-0.2, 0) is 0 Å². The van der Waals surface area contributed by atoms with E-state index in [0.717, 1.165) is 28.2 Å². The van der Waals surface area contributed by atoms with E-state index in [-0.39, 0.29) is 6.03 Å². The Morgan fingerprint density at radius 3 is 2.72 bits per heavy atom. The molecule has 0 aliphatic carbocycles. The summed E-state index contributed by atoms with van der Waals surface area (Å²) in [5.41, 5.74) is 4.82. The van der Waals surface area contributed by atoms with Crippen LogP contribution in [-0.4, -0.2) is 38.5 Å². The smallest absolute Gasteiger partial charge is 0.323 e. The Hall–Kier alpha value is -3.26. The first-order valence-electron chi connectivity index (χ1n) is 9.30. The molecule has 0 radical (unpaired) electrons. The van der Waals surface area contributed by atoms with Gasteiger partial charge >= 0.3 is 6.03 Å². The van der Waals surface area contributed by atoms with E-state index < -0.39 is 0 Å². The van der Waals surface area contributed by atoms with Crippen molar-refractivity contribution in [3.63, 3.8) is 0 Å². The lowest BCUT2D eigenvalue weighted by Gasteiger charge is -2.09. The van der Waals surface area contributed by atoms with Crippen LogP contribution in [0.5, 0.6) is 0 Å². The fourth-order valence-electron chi connectivity index (χ4n) is 3.74. The van der Waals surface area contributed by atoms with Crippen LogP contribution < -0.4 is 10.2 Å². The van der Waals surface area contributed by atoms with Crippen molar-refractivity contribution in [1.82, 2.24) is 24.7 Å². The van der Waals surface area contributed by atoms with Gasteiger partial charge in [-0.15, -0.1) is 5.10 Å². The second kappa shape index (κ2) is 6.38. The second-order valence-electron chi connectivity index (χ2n) is 7.14. The highest BCUT2D eigenvalue weighted by Gasteiger charge is 2.26. The number of amides is 2. The van der Waals surface area contributed by atoms with Gasteiger partial charge in [0.05, 0.1) is 10.7 Å². The molecular weight excluding hydrogens is 392 g/mol. The zero-order valence-corrected chi connectivity index (χ0v) is 17.0. The summed E-state index contributed by atoms with van der Waals surface area (Å²) < 4.78 is 9.55. The first-order chi connectivity index (χ1) is 13.9. The molecule has 2 amide bonds. The largest absolute Gasteiger partial charge is 0.439 e. The molecule has 148 valence electrons. The normalized spacial score (nSPS) is 14.2. The third kappa shape index (κ3) is 2.71. The van der Waals surface area contributed by atoms with Crippen molar-refractivity contribution in [3.8, 4) is 16.9 Å². The summed E-state index contributed by atoms with van der Waals surface area (Å²) in [6.07, 6.45) is 1.81. The molecule has 0 unspecified atom stereocenters. The molecule has 1 aromatic carbocycles. The highest BCUT2D eigenvalue weighted by atomic mass is 35.5. The molecule has 0 bridgehead atoms. The fraction of sp³-hybridized carbons (Fsp3) is 0.250. The van der Waals surface area contributed by atoms with E-state index >= 15 is 0 Å². The number of fused-ring (bicyclic) bond motifs is 1. The van der Waals surface area contributed by atoms with Crippen LogP contribution in [0.15, 0.2) is 34.9 Å². The van der Waals surface area contributed by atoms with Crippen molar-refractivity contribution in [2.75, 3.05) is 18.0 Å². The number of hydrogen-bond acceptors (Lipinski definition) is 4. The molecule has 1 N–H and O–H groups in total. The maximum Gasteiger partial charge on any atom is 0.323 e. The number of aromatic nitrogens is 4. The summed E-state index contributed by atoms with van der Waals surface area (Å²) in [6, 6.07) is 7.58. The number of carbonyl (C=O) groups excluding carboxylic acids is 1. The molecule has 1 fully saturated rings. The number of aryl methyl sites for hydroxylation is 3. The molecule has 4 heterocycles. The fourth-order valence-corrected chi connectivity index (χ4v) is 4.06. The average molecular weight is 411 g/mol. The number of urea groups is 1. The maximum absolute atomic E-state index is 11.9. The lowest BCUT2D eigenvalue weighted by Crippen LogP contribution is -2.28. The van der Waals surface area contributed by atoms with Crippen molar-refractivity contribution in [2.24, 2.45) is 0 Å². The van der Waals surface area contributed by atoms with E-state index in [9.17, 15) is 4.79 Å². The van der Waals surface area contributed by atoms with E-state index in [1.807, 2.05) is 39.0 Å². The van der Waals surface area contributed by atoms with Crippen LogP contribution in [0.4, 0.5) is 10.6 Å². The zero-order valence-electron chi connectivity index (χ0n) is 16.2. The lowest BCUT2D eigenvalue weighted by atomic mass is 10.1. The topological polar surface area (TPSA) is 80.6 Å². The molecule has 4 aromatic rings. The van der Waals surface area contributed by atoms with E-state index in [1.165, 1.54) is 0 Å². The van der Waals surface area contributed by atoms with Gasteiger partial charge in [-0.05, 0) is 32.4 Å². The molecule has 29 heavy (non-hydrogen) atoms. The van der Waals surface area contributed by atoms with Crippen LogP contribution in [0.3, 0.4) is 0 Å². The van der Waals surface area contributed by atoms with E-state index in [4.69, 9.17) is 16.0 Å². The summed E-state index contributed by atoms with van der Waals surface area (Å²) in [5.74, 6) is 1.30. The summed E-state index contributed by atoms with van der Waals surface area (Å²) >= 11 is 6.50. The number of halogens is 1. The van der Waals surface area contributed by atoms with Crippen LogP contribution in [0, 0.1) is 20.8 Å². The van der Waals surface area contributed by atoms with Gasteiger partial charge in [0.25, 0.3) is 0 Å². The number of nitrogens with zero attached hydrogens (tertiary/aromatic N) is 5. The molecule has 0 atom stereocenters. The van der Waals surface area contributed by atoms with Crippen LogP contribution >= 0.6 is 11.6 Å². The Morgan fingerprint density at radius 2 is 2.00 bits per heavy atom. The number of rotatable bonds is 3. The van der Waals surface area contributed by atoms with Gasteiger partial charge in [-0.1, -0.05) is 23.7 Å². The third-order valence-electron chi connectivity index (χ3n) is 5.10. The standard InChI is InChI=1S/C20H19ClN6O2/c1-11-4-5-14(15(21)10-11)18-13(3)29-19-17(12(2)23-27(18)19)26-8-6-16(24-26)25-9-7-22-20(25)28/h4-6,8,10H,7,9H2,1-3H3,(H,22,28).